The third-order valence-electron chi connectivity index (χ3n) is 5.13. The van der Waals surface area contributed by atoms with Crippen LogP contribution in [0.25, 0.3) is 0 Å². The molecule has 1 aromatic carbocycles. The summed E-state index contributed by atoms with van der Waals surface area (Å²) < 4.78 is 0.735. The number of fused-ring (bicyclic) bond motifs is 1. The number of carbonyl (C=O) groups excluding carboxylic acids is 1. The van der Waals surface area contributed by atoms with E-state index in [2.05, 4.69) is 34.2 Å². The van der Waals surface area contributed by atoms with Crippen LogP contribution in [0.5, 0.6) is 0 Å². The number of halogens is 1. The molecule has 0 amide bonds. The maximum absolute atomic E-state index is 13.3. The van der Waals surface area contributed by atoms with Gasteiger partial charge in [0.1, 0.15) is 0 Å². The van der Waals surface area contributed by atoms with E-state index in [-0.39, 0.29) is 17.7 Å². The summed E-state index contributed by atoms with van der Waals surface area (Å²) in [4.78, 5) is 15.6. The number of benzene rings is 1. The van der Waals surface area contributed by atoms with Crippen LogP contribution in [0.3, 0.4) is 0 Å². The molecule has 0 unspecified atom stereocenters. The minimum absolute atomic E-state index is 0.176. The van der Waals surface area contributed by atoms with Crippen molar-refractivity contribution in [3.05, 3.63) is 79.3 Å². The van der Waals surface area contributed by atoms with Gasteiger partial charge in [0.15, 0.2) is 5.78 Å². The van der Waals surface area contributed by atoms with Gasteiger partial charge in [0.25, 0.3) is 0 Å². The van der Waals surface area contributed by atoms with Crippen molar-refractivity contribution in [2.75, 3.05) is 10.6 Å². The Morgan fingerprint density at radius 1 is 0.963 bits per heavy atom. The van der Waals surface area contributed by atoms with Crippen molar-refractivity contribution in [3.8, 4) is 0 Å². The van der Waals surface area contributed by atoms with Crippen molar-refractivity contribution >= 4 is 51.4 Å². The smallest absolute Gasteiger partial charge is 0.163 e. The van der Waals surface area contributed by atoms with Gasteiger partial charge in [-0.3, -0.25) is 4.79 Å². The SMILES string of the molecule is O=C1C[C@@H](c2cccs2)CC2=C1[C@@H](c1ccc(Cl)s1)Nc1ccccc1N2. The van der Waals surface area contributed by atoms with Crippen molar-refractivity contribution in [1.82, 2.24) is 0 Å². The number of thiophene rings is 2. The summed E-state index contributed by atoms with van der Waals surface area (Å²) in [5.74, 6) is 0.443. The Morgan fingerprint density at radius 3 is 2.56 bits per heavy atom. The first-order valence-electron chi connectivity index (χ1n) is 8.86. The molecular formula is C21H17ClN2OS2. The molecule has 0 spiro atoms. The quantitative estimate of drug-likeness (QED) is 0.508. The Bertz CT molecular complexity index is 1040. The predicted molar refractivity (Wildman–Crippen MR) is 114 cm³/mol. The number of Topliss-reactive ketones (excluding diaryl/α,β-unsaturated/α-hetero) is 1. The van der Waals surface area contributed by atoms with Crippen LogP contribution in [-0.2, 0) is 4.79 Å². The first-order chi connectivity index (χ1) is 13.2. The standard InChI is InChI=1S/C21H17ClN2OS2/c22-19-8-7-18(27-19)21-20-15(23-13-4-1-2-5-14(13)24-21)10-12(11-16(20)25)17-6-3-9-26-17/h1-9,12,21,23-24H,10-11H2/t12-,21+/m0/s1. The van der Waals surface area contributed by atoms with Crippen LogP contribution < -0.4 is 10.6 Å². The Morgan fingerprint density at radius 2 is 1.81 bits per heavy atom. The summed E-state index contributed by atoms with van der Waals surface area (Å²) in [7, 11) is 0. The van der Waals surface area contributed by atoms with E-state index < -0.39 is 0 Å². The molecule has 3 nitrogen and oxygen atoms in total. The highest BCUT2D eigenvalue weighted by atomic mass is 35.5. The summed E-state index contributed by atoms with van der Waals surface area (Å²) in [6.07, 6.45) is 1.39. The summed E-state index contributed by atoms with van der Waals surface area (Å²) in [5, 5.41) is 9.23. The fraction of sp³-hybridized carbons (Fsp3) is 0.190. The maximum Gasteiger partial charge on any atom is 0.163 e. The van der Waals surface area contributed by atoms with Crippen molar-refractivity contribution in [2.45, 2.75) is 24.8 Å². The molecule has 5 rings (SSSR count). The van der Waals surface area contributed by atoms with Crippen LogP contribution in [-0.4, -0.2) is 5.78 Å². The second-order valence-corrected chi connectivity index (χ2v) is 9.55. The molecule has 6 heteroatoms. The summed E-state index contributed by atoms with van der Waals surface area (Å²) in [5.41, 5.74) is 3.88. The van der Waals surface area contributed by atoms with Crippen LogP contribution in [0.2, 0.25) is 4.34 Å². The molecule has 0 fully saturated rings. The number of rotatable bonds is 2. The average Bonchev–Trinajstić information content (AvgIpc) is 3.30. The number of para-hydroxylation sites is 2. The van der Waals surface area contributed by atoms with E-state index in [0.29, 0.717) is 6.42 Å². The van der Waals surface area contributed by atoms with Gasteiger partial charge < -0.3 is 10.6 Å². The lowest BCUT2D eigenvalue weighted by Gasteiger charge is -2.28. The molecule has 3 aromatic rings. The third-order valence-corrected chi connectivity index (χ3v) is 7.46. The molecule has 0 saturated carbocycles. The van der Waals surface area contributed by atoms with Gasteiger partial charge in [-0.05, 0) is 42.1 Å². The lowest BCUT2D eigenvalue weighted by Crippen LogP contribution is -2.26. The molecule has 2 N–H and O–H groups in total. The fourth-order valence-corrected chi connectivity index (χ4v) is 5.87. The monoisotopic (exact) mass is 412 g/mol. The Balaban J connectivity index is 1.62. The van der Waals surface area contributed by atoms with E-state index in [1.165, 1.54) is 16.2 Å². The van der Waals surface area contributed by atoms with Gasteiger partial charge in [-0.15, -0.1) is 22.7 Å². The number of allylic oxidation sites excluding steroid dienone is 1. The zero-order chi connectivity index (χ0) is 18.4. The van der Waals surface area contributed by atoms with Crippen molar-refractivity contribution in [3.63, 3.8) is 0 Å². The minimum Gasteiger partial charge on any atom is -0.372 e. The van der Waals surface area contributed by atoms with Crippen LogP contribution in [0, 0.1) is 0 Å². The number of ketones is 1. The molecule has 1 aliphatic heterocycles. The van der Waals surface area contributed by atoms with Crippen LogP contribution in [0.4, 0.5) is 11.4 Å². The number of nitrogens with one attached hydrogen (secondary N) is 2. The lowest BCUT2D eigenvalue weighted by molar-refractivity contribution is -0.116. The Kier molecular flexibility index (Phi) is 4.31. The minimum atomic E-state index is -0.176. The largest absolute Gasteiger partial charge is 0.372 e. The summed E-state index contributed by atoms with van der Waals surface area (Å²) >= 11 is 9.45. The van der Waals surface area contributed by atoms with E-state index in [4.69, 9.17) is 11.6 Å². The first-order valence-corrected chi connectivity index (χ1v) is 10.9. The van der Waals surface area contributed by atoms with Gasteiger partial charge in [-0.2, -0.15) is 0 Å². The van der Waals surface area contributed by atoms with Crippen molar-refractivity contribution in [1.29, 1.82) is 0 Å². The van der Waals surface area contributed by atoms with Gasteiger partial charge in [-0.25, -0.2) is 0 Å². The average molecular weight is 413 g/mol. The summed E-state index contributed by atoms with van der Waals surface area (Å²) in [6.45, 7) is 0. The van der Waals surface area contributed by atoms with E-state index in [1.54, 1.807) is 11.3 Å². The summed E-state index contributed by atoms with van der Waals surface area (Å²) in [6, 6.07) is 16.0. The first kappa shape index (κ1) is 17.0. The molecule has 0 saturated heterocycles. The highest BCUT2D eigenvalue weighted by Gasteiger charge is 2.36. The molecule has 0 bridgehead atoms. The molecule has 2 aromatic heterocycles. The number of hydrogen-bond donors (Lipinski definition) is 2. The molecule has 27 heavy (non-hydrogen) atoms. The fourth-order valence-electron chi connectivity index (χ4n) is 3.91. The highest BCUT2D eigenvalue weighted by Crippen LogP contribution is 2.46. The van der Waals surface area contributed by atoms with Crippen LogP contribution in [0.1, 0.15) is 34.6 Å². The molecular weight excluding hydrogens is 396 g/mol. The molecule has 1 aliphatic carbocycles. The number of hydrogen-bond acceptors (Lipinski definition) is 5. The maximum atomic E-state index is 13.3. The normalized spacial score (nSPS) is 21.7. The molecule has 2 atom stereocenters. The van der Waals surface area contributed by atoms with Gasteiger partial charge in [0.2, 0.25) is 0 Å². The number of carbonyl (C=O) groups is 1. The lowest BCUT2D eigenvalue weighted by atomic mass is 9.82. The molecule has 136 valence electrons. The van der Waals surface area contributed by atoms with Crippen LogP contribution >= 0.6 is 34.3 Å². The molecule has 2 aliphatic rings. The van der Waals surface area contributed by atoms with E-state index in [9.17, 15) is 4.79 Å². The Labute approximate surface area is 170 Å². The van der Waals surface area contributed by atoms with E-state index >= 15 is 0 Å². The predicted octanol–water partition coefficient (Wildman–Crippen LogP) is 6.44. The highest BCUT2D eigenvalue weighted by molar-refractivity contribution is 7.16. The van der Waals surface area contributed by atoms with Crippen molar-refractivity contribution < 1.29 is 4.79 Å². The van der Waals surface area contributed by atoms with Gasteiger partial charge in [0, 0.05) is 33.4 Å². The van der Waals surface area contributed by atoms with E-state index in [0.717, 1.165) is 38.3 Å². The van der Waals surface area contributed by atoms with Crippen molar-refractivity contribution in [2.24, 2.45) is 0 Å². The van der Waals surface area contributed by atoms with Gasteiger partial charge >= 0.3 is 0 Å². The molecule has 3 heterocycles. The second kappa shape index (κ2) is 6.82. The van der Waals surface area contributed by atoms with E-state index in [1.807, 2.05) is 30.3 Å². The molecule has 0 radical (unpaired) electrons. The Hall–Kier alpha value is -2.08. The van der Waals surface area contributed by atoms with Crippen LogP contribution in [0.15, 0.2) is 65.2 Å². The zero-order valence-corrected chi connectivity index (χ0v) is 16.8. The second-order valence-electron chi connectivity index (χ2n) is 6.83. The van der Waals surface area contributed by atoms with Gasteiger partial charge in [0.05, 0.1) is 21.8 Å². The number of anilines is 2. The van der Waals surface area contributed by atoms with Gasteiger partial charge in [-0.1, -0.05) is 29.8 Å². The third kappa shape index (κ3) is 3.10. The zero-order valence-electron chi connectivity index (χ0n) is 14.4. The topological polar surface area (TPSA) is 41.1 Å².